The smallest absolute Gasteiger partial charge is 0.276 e. The van der Waals surface area contributed by atoms with E-state index in [0.717, 1.165) is 5.56 Å². The Kier molecular flexibility index (Phi) is 3.75. The molecule has 0 aliphatic heterocycles. The van der Waals surface area contributed by atoms with E-state index in [-0.39, 0.29) is 23.2 Å². The number of hydrogen-bond acceptors (Lipinski definition) is 3. The fourth-order valence-electron chi connectivity index (χ4n) is 1.68. The molecule has 0 atom stereocenters. The Morgan fingerprint density at radius 2 is 2.00 bits per heavy atom. The molecule has 1 amide bonds. The first kappa shape index (κ1) is 13.0. The van der Waals surface area contributed by atoms with Crippen LogP contribution in [0.25, 0.3) is 0 Å². The molecule has 0 spiro atoms. The van der Waals surface area contributed by atoms with Gasteiger partial charge in [0.05, 0.1) is 0 Å². The van der Waals surface area contributed by atoms with Crippen LogP contribution in [0.1, 0.15) is 16.1 Å². The molecule has 1 aromatic carbocycles. The Labute approximate surface area is 110 Å². The molecule has 0 unspecified atom stereocenters. The van der Waals surface area contributed by atoms with Crippen molar-refractivity contribution < 1.29 is 14.3 Å². The standard InChI is InChI=1S/C14H13FN2O2/c1-17(9-10-4-6-11(15)7-5-10)14(19)13-12(18)3-2-8-16-13/h2-8,18H,9H2,1H3. The molecule has 0 aliphatic rings. The van der Waals surface area contributed by atoms with Crippen LogP contribution in [-0.4, -0.2) is 27.9 Å². The van der Waals surface area contributed by atoms with E-state index in [1.165, 1.54) is 29.3 Å². The molecule has 5 heteroatoms. The number of pyridine rings is 1. The average Bonchev–Trinajstić information content (AvgIpc) is 2.41. The van der Waals surface area contributed by atoms with Gasteiger partial charge >= 0.3 is 0 Å². The molecule has 0 radical (unpaired) electrons. The van der Waals surface area contributed by atoms with E-state index >= 15 is 0 Å². The minimum Gasteiger partial charge on any atom is -0.505 e. The summed E-state index contributed by atoms with van der Waals surface area (Å²) >= 11 is 0. The van der Waals surface area contributed by atoms with Crippen molar-refractivity contribution >= 4 is 5.91 Å². The summed E-state index contributed by atoms with van der Waals surface area (Å²) < 4.78 is 12.8. The Morgan fingerprint density at radius 1 is 1.32 bits per heavy atom. The summed E-state index contributed by atoms with van der Waals surface area (Å²) in [6.45, 7) is 0.315. The van der Waals surface area contributed by atoms with Crippen molar-refractivity contribution in [2.75, 3.05) is 7.05 Å². The number of hydrogen-bond donors (Lipinski definition) is 1. The third kappa shape index (κ3) is 3.07. The van der Waals surface area contributed by atoms with Crippen molar-refractivity contribution in [3.63, 3.8) is 0 Å². The topological polar surface area (TPSA) is 53.4 Å². The lowest BCUT2D eigenvalue weighted by Crippen LogP contribution is -2.27. The summed E-state index contributed by atoms with van der Waals surface area (Å²) in [5.41, 5.74) is 0.805. The lowest BCUT2D eigenvalue weighted by molar-refractivity contribution is 0.0776. The van der Waals surface area contributed by atoms with Gasteiger partial charge in [-0.05, 0) is 29.8 Å². The maximum atomic E-state index is 12.8. The molecule has 0 aliphatic carbocycles. The third-order valence-corrected chi connectivity index (χ3v) is 2.67. The second-order valence-electron chi connectivity index (χ2n) is 4.16. The van der Waals surface area contributed by atoms with Gasteiger partial charge in [0.2, 0.25) is 0 Å². The minimum absolute atomic E-state index is 0.00658. The van der Waals surface area contributed by atoms with Crippen LogP contribution in [0.15, 0.2) is 42.6 Å². The van der Waals surface area contributed by atoms with E-state index in [2.05, 4.69) is 4.98 Å². The first-order valence-electron chi connectivity index (χ1n) is 5.72. The first-order valence-corrected chi connectivity index (χ1v) is 5.72. The largest absolute Gasteiger partial charge is 0.505 e. The first-order chi connectivity index (χ1) is 9.08. The quantitative estimate of drug-likeness (QED) is 0.920. The van der Waals surface area contributed by atoms with Gasteiger partial charge in [0.25, 0.3) is 5.91 Å². The monoisotopic (exact) mass is 260 g/mol. The SMILES string of the molecule is CN(Cc1ccc(F)cc1)C(=O)c1ncccc1O. The normalized spacial score (nSPS) is 10.2. The predicted octanol–water partition coefficient (Wildman–Crippen LogP) is 2.20. The molecule has 1 heterocycles. The highest BCUT2D eigenvalue weighted by molar-refractivity contribution is 5.94. The molecule has 98 valence electrons. The summed E-state index contributed by atoms with van der Waals surface area (Å²) in [5.74, 6) is -0.860. The van der Waals surface area contributed by atoms with Crippen LogP contribution >= 0.6 is 0 Å². The molecule has 1 N–H and O–H groups in total. The molecule has 2 aromatic rings. The lowest BCUT2D eigenvalue weighted by Gasteiger charge is -2.17. The number of aromatic hydroxyl groups is 1. The van der Waals surface area contributed by atoms with Crippen LogP contribution in [-0.2, 0) is 6.54 Å². The zero-order valence-electron chi connectivity index (χ0n) is 10.4. The van der Waals surface area contributed by atoms with Gasteiger partial charge in [-0.15, -0.1) is 0 Å². The Balaban J connectivity index is 2.12. The van der Waals surface area contributed by atoms with Crippen LogP contribution in [0.4, 0.5) is 4.39 Å². The minimum atomic E-state index is -0.387. The summed E-state index contributed by atoms with van der Waals surface area (Å²) in [5, 5.41) is 9.57. The maximum Gasteiger partial charge on any atom is 0.276 e. The van der Waals surface area contributed by atoms with E-state index in [1.807, 2.05) is 0 Å². The lowest BCUT2D eigenvalue weighted by atomic mass is 10.2. The van der Waals surface area contributed by atoms with Crippen molar-refractivity contribution in [2.24, 2.45) is 0 Å². The second-order valence-corrected chi connectivity index (χ2v) is 4.16. The van der Waals surface area contributed by atoms with Gasteiger partial charge in [0.1, 0.15) is 11.6 Å². The van der Waals surface area contributed by atoms with Gasteiger partial charge in [-0.2, -0.15) is 0 Å². The summed E-state index contributed by atoms with van der Waals surface area (Å²) in [6, 6.07) is 8.85. The number of rotatable bonds is 3. The van der Waals surface area contributed by atoms with Crippen molar-refractivity contribution in [3.8, 4) is 5.75 Å². The van der Waals surface area contributed by atoms with Crippen molar-refractivity contribution in [1.82, 2.24) is 9.88 Å². The van der Waals surface area contributed by atoms with Gasteiger partial charge in [-0.3, -0.25) is 4.79 Å². The van der Waals surface area contributed by atoms with Gasteiger partial charge in [-0.1, -0.05) is 12.1 Å². The number of benzene rings is 1. The fraction of sp³-hybridized carbons (Fsp3) is 0.143. The van der Waals surface area contributed by atoms with E-state index in [0.29, 0.717) is 6.54 Å². The maximum absolute atomic E-state index is 12.8. The average molecular weight is 260 g/mol. The molecule has 0 bridgehead atoms. The van der Waals surface area contributed by atoms with E-state index in [9.17, 15) is 14.3 Å². The molecular formula is C14H13FN2O2. The number of carbonyl (C=O) groups is 1. The van der Waals surface area contributed by atoms with Crippen LogP contribution in [0, 0.1) is 5.82 Å². The highest BCUT2D eigenvalue weighted by Crippen LogP contribution is 2.15. The van der Waals surface area contributed by atoms with E-state index < -0.39 is 0 Å². The van der Waals surface area contributed by atoms with Crippen molar-refractivity contribution in [2.45, 2.75) is 6.54 Å². The third-order valence-electron chi connectivity index (χ3n) is 2.67. The summed E-state index contributed by atoms with van der Waals surface area (Å²) in [4.78, 5) is 17.3. The molecule has 19 heavy (non-hydrogen) atoms. The van der Waals surface area contributed by atoms with Gasteiger partial charge in [0, 0.05) is 19.8 Å². The van der Waals surface area contributed by atoms with Crippen LogP contribution in [0.5, 0.6) is 5.75 Å². The fourth-order valence-corrected chi connectivity index (χ4v) is 1.68. The molecule has 0 saturated heterocycles. The zero-order chi connectivity index (χ0) is 13.8. The van der Waals surface area contributed by atoms with Gasteiger partial charge < -0.3 is 10.0 Å². The highest BCUT2D eigenvalue weighted by atomic mass is 19.1. The van der Waals surface area contributed by atoms with E-state index in [1.54, 1.807) is 25.2 Å². The molecule has 0 saturated carbocycles. The van der Waals surface area contributed by atoms with Gasteiger partial charge in [0.15, 0.2) is 5.69 Å². The second kappa shape index (κ2) is 5.48. The van der Waals surface area contributed by atoms with Crippen LogP contribution in [0.2, 0.25) is 0 Å². The summed E-state index contributed by atoms with van der Waals surface area (Å²) in [7, 11) is 1.60. The summed E-state index contributed by atoms with van der Waals surface area (Å²) in [6.07, 6.45) is 1.44. The number of halogens is 1. The number of amides is 1. The number of carbonyl (C=O) groups excluding carboxylic acids is 1. The molecule has 2 rings (SSSR count). The van der Waals surface area contributed by atoms with Crippen molar-refractivity contribution in [1.29, 1.82) is 0 Å². The van der Waals surface area contributed by atoms with Crippen molar-refractivity contribution in [3.05, 3.63) is 59.7 Å². The Hall–Kier alpha value is -2.43. The number of nitrogens with zero attached hydrogens (tertiary/aromatic N) is 2. The predicted molar refractivity (Wildman–Crippen MR) is 68.1 cm³/mol. The number of aromatic nitrogens is 1. The molecule has 1 aromatic heterocycles. The van der Waals surface area contributed by atoms with Crippen LogP contribution < -0.4 is 0 Å². The van der Waals surface area contributed by atoms with Crippen LogP contribution in [0.3, 0.4) is 0 Å². The Bertz CT molecular complexity index is 584. The van der Waals surface area contributed by atoms with Gasteiger partial charge in [-0.25, -0.2) is 9.37 Å². The molecule has 4 nitrogen and oxygen atoms in total. The highest BCUT2D eigenvalue weighted by Gasteiger charge is 2.16. The molecule has 0 fully saturated rings. The zero-order valence-corrected chi connectivity index (χ0v) is 10.4. The van der Waals surface area contributed by atoms with E-state index in [4.69, 9.17) is 0 Å². The molecular weight excluding hydrogens is 247 g/mol. The Morgan fingerprint density at radius 3 is 2.63 bits per heavy atom.